The Labute approximate surface area is 290 Å². The zero-order valence-electron chi connectivity index (χ0n) is 28.1. The van der Waals surface area contributed by atoms with E-state index in [1.807, 2.05) is 97.9 Å². The van der Waals surface area contributed by atoms with Crippen molar-refractivity contribution in [2.45, 2.75) is 70.0 Å². The van der Waals surface area contributed by atoms with Crippen LogP contribution in [0, 0.1) is 0 Å². The van der Waals surface area contributed by atoms with E-state index in [-0.39, 0.29) is 6.61 Å². The molecule has 0 N–H and O–H groups in total. The van der Waals surface area contributed by atoms with Gasteiger partial charge in [0.05, 0.1) is 39.6 Å². The molecule has 0 saturated carbocycles. The van der Waals surface area contributed by atoms with Crippen LogP contribution in [-0.4, -0.2) is 43.4 Å². The summed E-state index contributed by atoms with van der Waals surface area (Å²) >= 11 is 0. The number of ether oxygens (including phenoxy) is 6. The summed E-state index contributed by atoms with van der Waals surface area (Å²) in [5.74, 6) is -1.17. The van der Waals surface area contributed by atoms with Crippen LogP contribution in [0.1, 0.15) is 34.7 Å². The van der Waals surface area contributed by atoms with Crippen molar-refractivity contribution < 1.29 is 28.4 Å². The molecular formula is C43H46O6. The molecule has 0 aliphatic carbocycles. The maximum absolute atomic E-state index is 6.96. The van der Waals surface area contributed by atoms with Gasteiger partial charge in [0, 0.05) is 0 Å². The number of hydrogen-bond donors (Lipinski definition) is 0. The summed E-state index contributed by atoms with van der Waals surface area (Å²) in [5.41, 5.74) is 5.44. The topological polar surface area (TPSA) is 55.4 Å². The highest BCUT2D eigenvalue weighted by Gasteiger charge is 2.55. The molecule has 5 aromatic rings. The molecule has 6 rings (SSSR count). The summed E-state index contributed by atoms with van der Waals surface area (Å²) in [6.45, 7) is 4.24. The molecular weight excluding hydrogens is 612 g/mol. The Hall–Kier alpha value is -4.14. The van der Waals surface area contributed by atoms with Crippen molar-refractivity contribution in [2.75, 3.05) is 13.2 Å². The first-order valence-electron chi connectivity index (χ1n) is 17.1. The van der Waals surface area contributed by atoms with Gasteiger partial charge in [-0.2, -0.15) is 0 Å². The summed E-state index contributed by atoms with van der Waals surface area (Å²) in [5, 5.41) is 0. The third kappa shape index (κ3) is 10.2. The molecule has 5 aromatic carbocycles. The average Bonchev–Trinajstić information content (AvgIpc) is 3.15. The van der Waals surface area contributed by atoms with Crippen molar-refractivity contribution in [1.29, 1.82) is 0 Å². The minimum atomic E-state index is -1.17. The average molecular weight is 659 g/mol. The Morgan fingerprint density at radius 1 is 0.490 bits per heavy atom. The molecule has 6 nitrogen and oxygen atoms in total. The molecule has 1 heterocycles. The highest BCUT2D eigenvalue weighted by Crippen LogP contribution is 2.38. The van der Waals surface area contributed by atoms with E-state index in [0.717, 1.165) is 28.7 Å². The van der Waals surface area contributed by atoms with Gasteiger partial charge in [-0.1, -0.05) is 152 Å². The van der Waals surface area contributed by atoms with Crippen LogP contribution in [0.3, 0.4) is 0 Å². The van der Waals surface area contributed by atoms with E-state index in [1.54, 1.807) is 0 Å². The Morgan fingerprint density at radius 2 is 0.898 bits per heavy atom. The fourth-order valence-corrected chi connectivity index (χ4v) is 6.17. The zero-order chi connectivity index (χ0) is 33.6. The summed E-state index contributed by atoms with van der Waals surface area (Å²) in [6.07, 6.45) is -1.48. The first kappa shape index (κ1) is 34.7. The molecule has 6 heteroatoms. The molecule has 1 saturated heterocycles. The van der Waals surface area contributed by atoms with Gasteiger partial charge in [-0.3, -0.25) is 0 Å². The standard InChI is InChI=1S/C43H46O6/c1-43(48-28-27-34-17-7-2-8-18-34)42(47-32-38-25-15-6-16-26-38)41(46-31-37-23-13-5-14-24-37)40(45-30-36-21-11-4-12-22-36)39(49-43)33-44-29-35-19-9-3-10-20-35/h2-26,39-42H,27-33H2,1H3/t39-,40-,41+,42-,43+/m1/s1. The van der Waals surface area contributed by atoms with Gasteiger partial charge in [-0.05, 0) is 41.2 Å². The van der Waals surface area contributed by atoms with Crippen LogP contribution in [0.25, 0.3) is 0 Å². The van der Waals surface area contributed by atoms with Crippen molar-refractivity contribution in [3.8, 4) is 0 Å². The maximum atomic E-state index is 6.96. The molecule has 49 heavy (non-hydrogen) atoms. The fourth-order valence-electron chi connectivity index (χ4n) is 6.17. The van der Waals surface area contributed by atoms with Crippen molar-refractivity contribution in [2.24, 2.45) is 0 Å². The number of benzene rings is 5. The fraction of sp³-hybridized carbons (Fsp3) is 0.302. The SMILES string of the molecule is C[C@]1(OCCc2ccccc2)O[C@H](COCc2ccccc2)[C@@H](OCc2ccccc2)[C@H](OCc2ccccc2)[C@H]1OCc1ccccc1. The van der Waals surface area contributed by atoms with Gasteiger partial charge < -0.3 is 28.4 Å². The van der Waals surface area contributed by atoms with E-state index < -0.39 is 30.2 Å². The molecule has 0 amide bonds. The molecule has 0 radical (unpaired) electrons. The van der Waals surface area contributed by atoms with Crippen LogP contribution in [0.15, 0.2) is 152 Å². The lowest BCUT2D eigenvalue weighted by Crippen LogP contribution is -2.67. The lowest BCUT2D eigenvalue weighted by molar-refractivity contribution is -0.376. The summed E-state index contributed by atoms with van der Waals surface area (Å²) in [7, 11) is 0. The number of hydrogen-bond acceptors (Lipinski definition) is 6. The molecule has 1 fully saturated rings. The molecule has 254 valence electrons. The monoisotopic (exact) mass is 658 g/mol. The molecule has 5 atom stereocenters. The molecule has 0 aromatic heterocycles. The molecule has 1 aliphatic heterocycles. The first-order chi connectivity index (χ1) is 24.2. The third-order valence-electron chi connectivity index (χ3n) is 8.75. The van der Waals surface area contributed by atoms with E-state index in [9.17, 15) is 0 Å². The van der Waals surface area contributed by atoms with Crippen molar-refractivity contribution in [3.63, 3.8) is 0 Å². The highest BCUT2D eigenvalue weighted by molar-refractivity contribution is 5.17. The summed E-state index contributed by atoms with van der Waals surface area (Å²) in [4.78, 5) is 0. The predicted octanol–water partition coefficient (Wildman–Crippen LogP) is 8.33. The van der Waals surface area contributed by atoms with E-state index in [2.05, 4.69) is 60.7 Å². The second-order valence-electron chi connectivity index (χ2n) is 12.5. The van der Waals surface area contributed by atoms with Crippen molar-refractivity contribution >= 4 is 0 Å². The van der Waals surface area contributed by atoms with E-state index in [0.29, 0.717) is 33.0 Å². The van der Waals surface area contributed by atoms with Gasteiger partial charge >= 0.3 is 0 Å². The second kappa shape index (κ2) is 18.0. The van der Waals surface area contributed by atoms with Gasteiger partial charge in [-0.25, -0.2) is 0 Å². The molecule has 0 bridgehead atoms. The van der Waals surface area contributed by atoms with Gasteiger partial charge in [-0.15, -0.1) is 0 Å². The minimum Gasteiger partial charge on any atom is -0.374 e. The molecule has 0 unspecified atom stereocenters. The largest absolute Gasteiger partial charge is 0.374 e. The second-order valence-corrected chi connectivity index (χ2v) is 12.5. The van der Waals surface area contributed by atoms with Crippen LogP contribution in [-0.2, 0) is 61.3 Å². The first-order valence-corrected chi connectivity index (χ1v) is 17.1. The summed E-state index contributed by atoms with van der Waals surface area (Å²) in [6, 6.07) is 51.0. The smallest absolute Gasteiger partial charge is 0.195 e. The van der Waals surface area contributed by atoms with Gasteiger partial charge in [0.15, 0.2) is 5.79 Å². The van der Waals surface area contributed by atoms with Crippen LogP contribution < -0.4 is 0 Å². The van der Waals surface area contributed by atoms with Crippen LogP contribution in [0.5, 0.6) is 0 Å². The van der Waals surface area contributed by atoms with Crippen LogP contribution in [0.2, 0.25) is 0 Å². The lowest BCUT2D eigenvalue weighted by atomic mass is 9.92. The Balaban J connectivity index is 1.31. The number of rotatable bonds is 17. The highest BCUT2D eigenvalue weighted by atomic mass is 16.7. The van der Waals surface area contributed by atoms with Crippen LogP contribution in [0.4, 0.5) is 0 Å². The normalized spacial score (nSPS) is 22.1. The molecule has 1 aliphatic rings. The van der Waals surface area contributed by atoms with E-state index in [1.165, 1.54) is 5.56 Å². The Morgan fingerprint density at radius 3 is 1.39 bits per heavy atom. The van der Waals surface area contributed by atoms with Crippen molar-refractivity contribution in [3.05, 3.63) is 179 Å². The van der Waals surface area contributed by atoms with Gasteiger partial charge in [0.25, 0.3) is 0 Å². The zero-order valence-corrected chi connectivity index (χ0v) is 28.1. The van der Waals surface area contributed by atoms with Crippen molar-refractivity contribution in [1.82, 2.24) is 0 Å². The van der Waals surface area contributed by atoms with Gasteiger partial charge in [0.2, 0.25) is 0 Å². The predicted molar refractivity (Wildman–Crippen MR) is 191 cm³/mol. The quantitative estimate of drug-likeness (QED) is 0.100. The van der Waals surface area contributed by atoms with E-state index in [4.69, 9.17) is 28.4 Å². The minimum absolute atomic E-state index is 0.280. The Bertz CT molecular complexity index is 1620. The van der Waals surface area contributed by atoms with Gasteiger partial charge in [0.1, 0.15) is 24.4 Å². The lowest BCUT2D eigenvalue weighted by Gasteiger charge is -2.51. The molecule has 0 spiro atoms. The maximum Gasteiger partial charge on any atom is 0.195 e. The summed E-state index contributed by atoms with van der Waals surface area (Å²) < 4.78 is 40.4. The van der Waals surface area contributed by atoms with Crippen LogP contribution >= 0.6 is 0 Å². The van der Waals surface area contributed by atoms with E-state index >= 15 is 0 Å². The Kier molecular flexibility index (Phi) is 12.8. The third-order valence-corrected chi connectivity index (χ3v) is 8.75.